The molecule has 1 aromatic carbocycles. The lowest BCUT2D eigenvalue weighted by Crippen LogP contribution is -2.51. The van der Waals surface area contributed by atoms with Crippen molar-refractivity contribution in [3.05, 3.63) is 47.3 Å². The van der Waals surface area contributed by atoms with Crippen molar-refractivity contribution in [3.63, 3.8) is 0 Å². The average molecular weight is 396 g/mol. The van der Waals surface area contributed by atoms with Crippen molar-refractivity contribution < 1.29 is 9.59 Å². The number of nitrogens with one attached hydrogen (secondary N) is 1. The van der Waals surface area contributed by atoms with Crippen LogP contribution in [0.1, 0.15) is 61.4 Å². The van der Waals surface area contributed by atoms with Gasteiger partial charge in [0.2, 0.25) is 0 Å². The van der Waals surface area contributed by atoms with Gasteiger partial charge < -0.3 is 15.1 Å². The minimum absolute atomic E-state index is 0.00370. The number of carbonyl (C=O) groups excluding carboxylic acids is 2. The quantitative estimate of drug-likeness (QED) is 0.867. The standard InChI is InChI=1S/C22H29N5O2/c1-14(2)23-22(29)25-12-10-17(11-13-25)26-16(4)19-15(3)24-27(20(19)21(26)28)18-8-6-5-7-9-18/h5-9,14,16-17H,10-13H2,1-4H3,(H,23,29). The Morgan fingerprint density at radius 3 is 2.45 bits per heavy atom. The highest BCUT2D eigenvalue weighted by atomic mass is 16.2. The van der Waals surface area contributed by atoms with Crippen molar-refractivity contribution in [2.45, 2.75) is 58.7 Å². The highest BCUT2D eigenvalue weighted by Crippen LogP contribution is 2.39. The van der Waals surface area contributed by atoms with Crippen LogP contribution < -0.4 is 5.32 Å². The molecule has 154 valence electrons. The predicted molar refractivity (Wildman–Crippen MR) is 111 cm³/mol. The second-order valence-corrected chi connectivity index (χ2v) is 8.31. The molecule has 4 rings (SSSR count). The minimum Gasteiger partial charge on any atom is -0.336 e. The maximum atomic E-state index is 13.4. The molecule has 7 heteroatoms. The van der Waals surface area contributed by atoms with Crippen molar-refractivity contribution in [1.82, 2.24) is 24.9 Å². The van der Waals surface area contributed by atoms with Gasteiger partial charge in [-0.25, -0.2) is 9.48 Å². The molecule has 0 bridgehead atoms. The molecule has 1 fully saturated rings. The van der Waals surface area contributed by atoms with Crippen molar-refractivity contribution in [3.8, 4) is 5.69 Å². The van der Waals surface area contributed by atoms with Gasteiger partial charge in [-0.3, -0.25) is 4.79 Å². The smallest absolute Gasteiger partial charge is 0.317 e. The van der Waals surface area contributed by atoms with Gasteiger partial charge in [0.15, 0.2) is 0 Å². The van der Waals surface area contributed by atoms with Gasteiger partial charge in [-0.1, -0.05) is 18.2 Å². The number of piperidine rings is 1. The van der Waals surface area contributed by atoms with Crippen molar-refractivity contribution in [2.24, 2.45) is 0 Å². The molecule has 1 saturated heterocycles. The Morgan fingerprint density at radius 2 is 1.83 bits per heavy atom. The van der Waals surface area contributed by atoms with Crippen LogP contribution in [-0.2, 0) is 0 Å². The lowest BCUT2D eigenvalue weighted by molar-refractivity contribution is 0.0539. The van der Waals surface area contributed by atoms with Crippen LogP contribution in [0.2, 0.25) is 0 Å². The minimum atomic E-state index is -0.0157. The number of hydrogen-bond donors (Lipinski definition) is 1. The maximum Gasteiger partial charge on any atom is 0.317 e. The zero-order valence-electron chi connectivity index (χ0n) is 17.6. The van der Waals surface area contributed by atoms with Crippen LogP contribution in [0.3, 0.4) is 0 Å². The van der Waals surface area contributed by atoms with Gasteiger partial charge >= 0.3 is 6.03 Å². The van der Waals surface area contributed by atoms with Gasteiger partial charge in [-0.05, 0) is 52.7 Å². The first kappa shape index (κ1) is 19.5. The van der Waals surface area contributed by atoms with Gasteiger partial charge in [0.25, 0.3) is 5.91 Å². The molecule has 1 atom stereocenters. The largest absolute Gasteiger partial charge is 0.336 e. The first-order valence-corrected chi connectivity index (χ1v) is 10.4. The summed E-state index contributed by atoms with van der Waals surface area (Å²) < 4.78 is 1.79. The van der Waals surface area contributed by atoms with E-state index in [-0.39, 0.29) is 30.1 Å². The van der Waals surface area contributed by atoms with Gasteiger partial charge in [0.05, 0.1) is 17.4 Å². The summed E-state index contributed by atoms with van der Waals surface area (Å²) in [6, 6.07) is 10.1. The zero-order valence-corrected chi connectivity index (χ0v) is 17.6. The number of benzene rings is 1. The number of carbonyl (C=O) groups is 2. The Morgan fingerprint density at radius 1 is 1.17 bits per heavy atom. The van der Waals surface area contributed by atoms with Gasteiger partial charge in [-0.2, -0.15) is 5.10 Å². The monoisotopic (exact) mass is 395 g/mol. The number of nitrogens with zero attached hydrogens (tertiary/aromatic N) is 4. The Balaban J connectivity index is 1.54. The molecule has 0 aliphatic carbocycles. The van der Waals surface area contributed by atoms with Gasteiger partial charge in [0, 0.05) is 30.7 Å². The Hall–Kier alpha value is -2.83. The van der Waals surface area contributed by atoms with E-state index in [1.807, 2.05) is 60.9 Å². The summed E-state index contributed by atoms with van der Waals surface area (Å²) in [5, 5.41) is 7.61. The third kappa shape index (κ3) is 3.39. The average Bonchev–Trinajstić information content (AvgIpc) is 3.18. The molecule has 7 nitrogen and oxygen atoms in total. The highest BCUT2D eigenvalue weighted by molar-refractivity contribution is 5.98. The summed E-state index contributed by atoms with van der Waals surface area (Å²) in [6.45, 7) is 9.32. The molecular weight excluding hydrogens is 366 g/mol. The number of para-hydroxylation sites is 1. The SMILES string of the molecule is Cc1nn(-c2ccccc2)c2c1C(C)N(C1CCN(C(=O)NC(C)C)CC1)C2=O. The molecule has 3 heterocycles. The first-order valence-electron chi connectivity index (χ1n) is 10.4. The molecule has 3 amide bonds. The maximum absolute atomic E-state index is 13.4. The van der Waals surface area contributed by atoms with E-state index >= 15 is 0 Å². The van der Waals surface area contributed by atoms with Crippen LogP contribution in [0.5, 0.6) is 0 Å². The van der Waals surface area contributed by atoms with E-state index in [1.54, 1.807) is 4.68 Å². The van der Waals surface area contributed by atoms with Crippen molar-refractivity contribution in [2.75, 3.05) is 13.1 Å². The molecule has 0 saturated carbocycles. The lowest BCUT2D eigenvalue weighted by atomic mass is 10.0. The lowest BCUT2D eigenvalue weighted by Gasteiger charge is -2.39. The summed E-state index contributed by atoms with van der Waals surface area (Å²) >= 11 is 0. The van der Waals surface area contributed by atoms with Crippen LogP contribution in [-0.4, -0.2) is 56.7 Å². The number of hydrogen-bond acceptors (Lipinski definition) is 3. The van der Waals surface area contributed by atoms with Crippen molar-refractivity contribution in [1.29, 1.82) is 0 Å². The summed E-state index contributed by atoms with van der Waals surface area (Å²) in [7, 11) is 0. The van der Waals surface area contributed by atoms with E-state index in [2.05, 4.69) is 17.3 Å². The second-order valence-electron chi connectivity index (χ2n) is 8.31. The summed E-state index contributed by atoms with van der Waals surface area (Å²) in [5.41, 5.74) is 3.51. The number of urea groups is 1. The number of aryl methyl sites for hydroxylation is 1. The fraction of sp³-hybridized carbons (Fsp3) is 0.500. The summed E-state index contributed by atoms with van der Waals surface area (Å²) in [4.78, 5) is 29.6. The molecule has 0 spiro atoms. The highest BCUT2D eigenvalue weighted by Gasteiger charge is 2.44. The van der Waals surface area contributed by atoms with Crippen LogP contribution in [0.15, 0.2) is 30.3 Å². The zero-order chi connectivity index (χ0) is 20.7. The molecular formula is C22H29N5O2. The predicted octanol–water partition coefficient (Wildman–Crippen LogP) is 3.28. The van der Waals surface area contributed by atoms with Gasteiger partial charge in [-0.15, -0.1) is 0 Å². The topological polar surface area (TPSA) is 70.5 Å². The normalized spacial score (nSPS) is 19.8. The van der Waals surface area contributed by atoms with Crippen LogP contribution >= 0.6 is 0 Å². The van der Waals surface area contributed by atoms with E-state index in [4.69, 9.17) is 0 Å². The van der Waals surface area contributed by atoms with E-state index in [9.17, 15) is 9.59 Å². The number of fused-ring (bicyclic) bond motifs is 1. The molecule has 2 aliphatic rings. The molecule has 1 unspecified atom stereocenters. The Bertz CT molecular complexity index is 913. The van der Waals surface area contributed by atoms with Crippen LogP contribution in [0.4, 0.5) is 4.79 Å². The van der Waals surface area contributed by atoms with Crippen LogP contribution in [0.25, 0.3) is 5.69 Å². The fourth-order valence-electron chi connectivity index (χ4n) is 4.61. The molecule has 0 radical (unpaired) electrons. The molecule has 1 N–H and O–H groups in total. The summed E-state index contributed by atoms with van der Waals surface area (Å²) in [5.74, 6) is 0.0436. The summed E-state index contributed by atoms with van der Waals surface area (Å²) in [6.07, 6.45) is 1.59. The number of likely N-dealkylation sites (tertiary alicyclic amines) is 1. The van der Waals surface area contributed by atoms with E-state index in [0.717, 1.165) is 29.8 Å². The third-order valence-electron chi connectivity index (χ3n) is 5.94. The molecule has 2 aromatic rings. The molecule has 1 aromatic heterocycles. The number of amides is 3. The Kier molecular flexibility index (Phi) is 5.06. The molecule has 2 aliphatic heterocycles. The third-order valence-corrected chi connectivity index (χ3v) is 5.94. The first-order chi connectivity index (χ1) is 13.9. The van der Waals surface area contributed by atoms with E-state index in [1.165, 1.54) is 0 Å². The fourth-order valence-corrected chi connectivity index (χ4v) is 4.61. The van der Waals surface area contributed by atoms with Crippen molar-refractivity contribution >= 4 is 11.9 Å². The van der Waals surface area contributed by atoms with E-state index < -0.39 is 0 Å². The number of rotatable bonds is 3. The van der Waals surface area contributed by atoms with Gasteiger partial charge in [0.1, 0.15) is 5.69 Å². The Labute approximate surface area is 171 Å². The molecule has 29 heavy (non-hydrogen) atoms. The van der Waals surface area contributed by atoms with E-state index in [0.29, 0.717) is 18.8 Å². The van der Waals surface area contributed by atoms with Crippen LogP contribution in [0, 0.1) is 6.92 Å². The second kappa shape index (κ2) is 7.54. The number of aromatic nitrogens is 2.